The first-order valence-electron chi connectivity index (χ1n) is 10.2. The van der Waals surface area contributed by atoms with Crippen molar-refractivity contribution in [3.8, 4) is 5.69 Å². The Bertz CT molecular complexity index is 847. The number of likely N-dealkylation sites (N-methyl/N-ethyl adjacent to an activating group) is 1. The molecule has 2 heterocycles. The summed E-state index contributed by atoms with van der Waals surface area (Å²) in [5.74, 6) is 0.0408. The molecule has 0 aliphatic carbocycles. The minimum absolute atomic E-state index is 0.119. The van der Waals surface area contributed by atoms with Crippen molar-refractivity contribution in [2.75, 3.05) is 57.7 Å². The van der Waals surface area contributed by atoms with Gasteiger partial charge in [0.15, 0.2) is 0 Å². The van der Waals surface area contributed by atoms with Crippen LogP contribution in [0.15, 0.2) is 30.9 Å². The van der Waals surface area contributed by atoms with Gasteiger partial charge in [-0.2, -0.15) is 5.10 Å². The summed E-state index contributed by atoms with van der Waals surface area (Å²) in [6.07, 6.45) is 3.00. The highest BCUT2D eigenvalue weighted by Crippen LogP contribution is 2.24. The number of halogens is 1. The van der Waals surface area contributed by atoms with E-state index in [2.05, 4.69) is 25.2 Å². The number of nitrogens with zero attached hydrogens (tertiary/aromatic N) is 6. The smallest absolute Gasteiger partial charge is 0.238 e. The number of benzene rings is 1. The lowest BCUT2D eigenvalue weighted by Gasteiger charge is -2.34. The molecular formula is C20H28ClN7O2. The fourth-order valence-corrected chi connectivity index (χ4v) is 3.68. The molecule has 1 aromatic carbocycles. The normalized spacial score (nSPS) is 15.2. The van der Waals surface area contributed by atoms with E-state index in [4.69, 9.17) is 11.6 Å². The van der Waals surface area contributed by atoms with Crippen molar-refractivity contribution in [3.05, 3.63) is 35.9 Å². The average Bonchev–Trinajstić information content (AvgIpc) is 3.25. The van der Waals surface area contributed by atoms with Gasteiger partial charge in [-0.3, -0.25) is 19.4 Å². The number of rotatable bonds is 8. The number of amides is 2. The lowest BCUT2D eigenvalue weighted by atomic mass is 10.2. The summed E-state index contributed by atoms with van der Waals surface area (Å²) in [7, 11) is 0. The zero-order valence-electron chi connectivity index (χ0n) is 17.4. The Hall–Kier alpha value is -2.49. The summed E-state index contributed by atoms with van der Waals surface area (Å²) in [6, 6.07) is 5.23. The van der Waals surface area contributed by atoms with Gasteiger partial charge in [-0.25, -0.2) is 9.67 Å². The number of aromatic nitrogens is 3. The molecule has 2 amide bonds. The van der Waals surface area contributed by atoms with Crippen LogP contribution in [0.5, 0.6) is 0 Å². The second-order valence-corrected chi connectivity index (χ2v) is 7.60. The maximum absolute atomic E-state index is 12.6. The molecule has 0 atom stereocenters. The molecule has 9 nitrogen and oxygen atoms in total. The van der Waals surface area contributed by atoms with E-state index in [-0.39, 0.29) is 18.4 Å². The highest BCUT2D eigenvalue weighted by Gasteiger charge is 2.22. The molecule has 1 N–H and O–H groups in total. The summed E-state index contributed by atoms with van der Waals surface area (Å²) in [5, 5.41) is 7.58. The van der Waals surface area contributed by atoms with Crippen LogP contribution in [0.2, 0.25) is 5.02 Å². The van der Waals surface area contributed by atoms with Crippen LogP contribution in [0.3, 0.4) is 0 Å². The van der Waals surface area contributed by atoms with Crippen LogP contribution in [0.25, 0.3) is 5.69 Å². The third kappa shape index (κ3) is 5.78. The van der Waals surface area contributed by atoms with Gasteiger partial charge in [0.25, 0.3) is 0 Å². The number of anilines is 1. The first kappa shape index (κ1) is 22.2. The molecule has 0 radical (unpaired) electrons. The van der Waals surface area contributed by atoms with E-state index < -0.39 is 0 Å². The van der Waals surface area contributed by atoms with E-state index in [1.54, 1.807) is 29.2 Å². The molecule has 1 aliphatic rings. The van der Waals surface area contributed by atoms with Gasteiger partial charge >= 0.3 is 0 Å². The lowest BCUT2D eigenvalue weighted by molar-refractivity contribution is -0.132. The van der Waals surface area contributed by atoms with Crippen molar-refractivity contribution in [2.45, 2.75) is 13.8 Å². The predicted molar refractivity (Wildman–Crippen MR) is 116 cm³/mol. The molecular weight excluding hydrogens is 406 g/mol. The largest absolute Gasteiger partial charge is 0.342 e. The number of hydrogen-bond acceptors (Lipinski definition) is 6. The molecule has 162 valence electrons. The lowest BCUT2D eigenvalue weighted by Crippen LogP contribution is -2.51. The van der Waals surface area contributed by atoms with E-state index in [0.717, 1.165) is 39.3 Å². The monoisotopic (exact) mass is 433 g/mol. The molecule has 1 saturated heterocycles. The van der Waals surface area contributed by atoms with Crippen LogP contribution < -0.4 is 5.32 Å². The van der Waals surface area contributed by atoms with Crippen molar-refractivity contribution in [3.63, 3.8) is 0 Å². The minimum atomic E-state index is -0.119. The Balaban J connectivity index is 1.51. The molecule has 3 rings (SSSR count). The Morgan fingerprint density at radius 3 is 2.37 bits per heavy atom. The quantitative estimate of drug-likeness (QED) is 0.676. The summed E-state index contributed by atoms with van der Waals surface area (Å²) in [6.45, 7) is 9.17. The number of piperazine rings is 1. The summed E-state index contributed by atoms with van der Waals surface area (Å²) in [4.78, 5) is 34.9. The van der Waals surface area contributed by atoms with Gasteiger partial charge in [-0.05, 0) is 32.0 Å². The van der Waals surface area contributed by atoms with Crippen molar-refractivity contribution in [1.82, 2.24) is 29.5 Å². The average molecular weight is 434 g/mol. The molecule has 0 bridgehead atoms. The maximum Gasteiger partial charge on any atom is 0.238 e. The van der Waals surface area contributed by atoms with Gasteiger partial charge in [-0.1, -0.05) is 11.6 Å². The minimum Gasteiger partial charge on any atom is -0.342 e. The highest BCUT2D eigenvalue weighted by molar-refractivity contribution is 6.31. The second kappa shape index (κ2) is 10.5. The van der Waals surface area contributed by atoms with Gasteiger partial charge in [0.2, 0.25) is 11.8 Å². The fraction of sp³-hybridized carbons (Fsp3) is 0.500. The van der Waals surface area contributed by atoms with Crippen LogP contribution in [-0.2, 0) is 9.59 Å². The van der Waals surface area contributed by atoms with Crippen LogP contribution in [0.4, 0.5) is 5.69 Å². The molecule has 30 heavy (non-hydrogen) atoms. The Labute approximate surface area is 181 Å². The third-order valence-electron chi connectivity index (χ3n) is 5.21. The van der Waals surface area contributed by atoms with E-state index in [1.165, 1.54) is 6.33 Å². The topological polar surface area (TPSA) is 86.6 Å². The molecule has 0 spiro atoms. The summed E-state index contributed by atoms with van der Waals surface area (Å²) >= 11 is 6.11. The van der Waals surface area contributed by atoms with Crippen LogP contribution in [0.1, 0.15) is 13.8 Å². The van der Waals surface area contributed by atoms with Crippen molar-refractivity contribution >= 4 is 29.1 Å². The van der Waals surface area contributed by atoms with Crippen molar-refractivity contribution in [2.24, 2.45) is 0 Å². The standard InChI is InChI=1S/C20H28ClN7O2/c1-3-27(4-2)20(30)13-26-9-7-25(8-10-26)12-19(29)24-17-11-16(21)5-6-18(17)28-15-22-14-23-28/h5-6,11,14-15H,3-4,7-10,12-13H2,1-2H3,(H,24,29). The second-order valence-electron chi connectivity index (χ2n) is 7.17. The van der Waals surface area contributed by atoms with Crippen molar-refractivity contribution in [1.29, 1.82) is 0 Å². The number of nitrogens with one attached hydrogen (secondary N) is 1. The number of carbonyl (C=O) groups is 2. The predicted octanol–water partition coefficient (Wildman–Crippen LogP) is 1.35. The maximum atomic E-state index is 12.6. The molecule has 1 aliphatic heterocycles. The Morgan fingerprint density at radius 2 is 1.77 bits per heavy atom. The van der Waals surface area contributed by atoms with Gasteiger partial charge in [0.05, 0.1) is 24.5 Å². The van der Waals surface area contributed by atoms with E-state index in [1.807, 2.05) is 18.7 Å². The highest BCUT2D eigenvalue weighted by atomic mass is 35.5. The van der Waals surface area contributed by atoms with Gasteiger partial charge < -0.3 is 10.2 Å². The number of hydrogen-bond donors (Lipinski definition) is 1. The first-order chi connectivity index (χ1) is 14.5. The fourth-order valence-electron chi connectivity index (χ4n) is 3.51. The zero-order chi connectivity index (χ0) is 21.5. The van der Waals surface area contributed by atoms with E-state index in [0.29, 0.717) is 22.9 Å². The molecule has 0 saturated carbocycles. The molecule has 10 heteroatoms. The van der Waals surface area contributed by atoms with Crippen molar-refractivity contribution < 1.29 is 9.59 Å². The van der Waals surface area contributed by atoms with Gasteiger partial charge in [0.1, 0.15) is 12.7 Å². The summed E-state index contributed by atoms with van der Waals surface area (Å²) < 4.78 is 1.58. The number of carbonyl (C=O) groups excluding carboxylic acids is 2. The molecule has 1 fully saturated rings. The first-order valence-corrected chi connectivity index (χ1v) is 10.5. The van der Waals surface area contributed by atoms with Crippen LogP contribution in [0, 0.1) is 0 Å². The molecule has 1 aromatic heterocycles. The Morgan fingerprint density at radius 1 is 1.10 bits per heavy atom. The van der Waals surface area contributed by atoms with E-state index in [9.17, 15) is 9.59 Å². The molecule has 2 aromatic rings. The zero-order valence-corrected chi connectivity index (χ0v) is 18.2. The SMILES string of the molecule is CCN(CC)C(=O)CN1CCN(CC(=O)Nc2cc(Cl)ccc2-n2cncn2)CC1. The Kier molecular flexibility index (Phi) is 7.78. The third-order valence-corrected chi connectivity index (χ3v) is 5.44. The van der Waals surface area contributed by atoms with Crippen LogP contribution in [-0.4, -0.2) is 93.6 Å². The molecule has 0 unspecified atom stereocenters. The van der Waals surface area contributed by atoms with Crippen LogP contribution >= 0.6 is 11.6 Å². The summed E-state index contributed by atoms with van der Waals surface area (Å²) in [5.41, 5.74) is 1.28. The van der Waals surface area contributed by atoms with E-state index >= 15 is 0 Å². The van der Waals surface area contributed by atoms with Gasteiger partial charge in [-0.15, -0.1) is 0 Å². The van der Waals surface area contributed by atoms with Gasteiger partial charge in [0, 0.05) is 44.3 Å².